The third kappa shape index (κ3) is 5.75. The van der Waals surface area contributed by atoms with E-state index in [2.05, 4.69) is 15.5 Å². The number of rotatable bonds is 7. The first-order valence-electron chi connectivity index (χ1n) is 9.94. The Morgan fingerprint density at radius 2 is 1.71 bits per heavy atom. The summed E-state index contributed by atoms with van der Waals surface area (Å²) in [5, 5.41) is 5.44. The molecule has 1 heterocycles. The fourth-order valence-corrected chi connectivity index (χ4v) is 3.41. The maximum Gasteiger partial charge on any atom is 0.416 e. The summed E-state index contributed by atoms with van der Waals surface area (Å²) in [6.45, 7) is 2.40. The molecule has 2 amide bonds. The van der Waals surface area contributed by atoms with E-state index < -0.39 is 17.6 Å². The molecule has 6 nitrogen and oxygen atoms in total. The third-order valence-corrected chi connectivity index (χ3v) is 5.01. The van der Waals surface area contributed by atoms with Crippen molar-refractivity contribution in [2.45, 2.75) is 19.0 Å². The molecule has 9 heteroatoms. The highest BCUT2D eigenvalue weighted by Crippen LogP contribution is 2.30. The number of hydrogen-bond donors (Lipinski definition) is 2. The lowest BCUT2D eigenvalue weighted by molar-refractivity contribution is -0.137. The average molecular weight is 435 g/mol. The van der Waals surface area contributed by atoms with E-state index in [0.29, 0.717) is 24.4 Å². The van der Waals surface area contributed by atoms with E-state index >= 15 is 0 Å². The summed E-state index contributed by atoms with van der Waals surface area (Å²) in [5.41, 5.74) is 0.838. The molecular formula is C22H24F3N3O3. The summed E-state index contributed by atoms with van der Waals surface area (Å²) >= 11 is 0. The number of alkyl halides is 3. The van der Waals surface area contributed by atoms with E-state index in [9.17, 15) is 22.8 Å². The Bertz CT molecular complexity index is 924. The zero-order valence-corrected chi connectivity index (χ0v) is 17.1. The minimum atomic E-state index is -4.47. The molecule has 0 bridgehead atoms. The predicted octanol–water partition coefficient (Wildman–Crippen LogP) is 3.93. The average Bonchev–Trinajstić information content (AvgIpc) is 3.28. The van der Waals surface area contributed by atoms with Crippen LogP contribution in [-0.2, 0) is 10.9 Å². The van der Waals surface area contributed by atoms with Crippen LogP contribution in [0.25, 0.3) is 0 Å². The van der Waals surface area contributed by atoms with Gasteiger partial charge in [-0.1, -0.05) is 0 Å². The summed E-state index contributed by atoms with van der Waals surface area (Å²) in [7, 11) is 1.54. The molecule has 0 aliphatic carbocycles. The number of nitrogens with one attached hydrogen (secondary N) is 2. The Morgan fingerprint density at radius 3 is 2.32 bits per heavy atom. The smallest absolute Gasteiger partial charge is 0.383 e. The van der Waals surface area contributed by atoms with Gasteiger partial charge in [0.1, 0.15) is 0 Å². The molecule has 1 aliphatic heterocycles. The molecule has 2 aromatic carbocycles. The predicted molar refractivity (Wildman–Crippen MR) is 111 cm³/mol. The summed E-state index contributed by atoms with van der Waals surface area (Å²) in [4.78, 5) is 27.3. The Kier molecular flexibility index (Phi) is 7.17. The monoisotopic (exact) mass is 435 g/mol. The molecule has 166 valence electrons. The quantitative estimate of drug-likeness (QED) is 0.647. The number of amides is 2. The molecule has 1 aliphatic rings. The van der Waals surface area contributed by atoms with Gasteiger partial charge in [0.05, 0.1) is 17.7 Å². The standard InChI is InChI=1S/C22H24F3N3O3/c1-31-13-10-26-21(30)18-14-17(8-9-19(18)28-11-2-3-12-28)27-20(29)15-4-6-16(7-5-15)22(23,24)25/h4-9,14H,2-3,10-13H2,1H3,(H,26,30)(H,27,29). The maximum absolute atomic E-state index is 12.7. The number of ether oxygens (including phenoxy) is 1. The number of methoxy groups -OCH3 is 1. The van der Waals surface area contributed by atoms with Gasteiger partial charge in [-0.05, 0) is 55.3 Å². The van der Waals surface area contributed by atoms with Gasteiger partial charge >= 0.3 is 6.18 Å². The first-order valence-corrected chi connectivity index (χ1v) is 9.94. The van der Waals surface area contributed by atoms with Crippen LogP contribution < -0.4 is 15.5 Å². The molecule has 2 N–H and O–H groups in total. The number of hydrogen-bond acceptors (Lipinski definition) is 4. The van der Waals surface area contributed by atoms with Crippen molar-refractivity contribution >= 4 is 23.2 Å². The van der Waals surface area contributed by atoms with Gasteiger partial charge in [-0.2, -0.15) is 13.2 Å². The van der Waals surface area contributed by atoms with Gasteiger partial charge in [-0.3, -0.25) is 9.59 Å². The van der Waals surface area contributed by atoms with Crippen molar-refractivity contribution in [3.63, 3.8) is 0 Å². The summed E-state index contributed by atoms with van der Waals surface area (Å²) in [6.07, 6.45) is -2.39. The van der Waals surface area contributed by atoms with Gasteiger partial charge in [-0.15, -0.1) is 0 Å². The summed E-state index contributed by atoms with van der Waals surface area (Å²) < 4.78 is 43.1. The van der Waals surface area contributed by atoms with Gasteiger partial charge in [0.2, 0.25) is 0 Å². The largest absolute Gasteiger partial charge is 0.416 e. The van der Waals surface area contributed by atoms with Crippen molar-refractivity contribution in [1.82, 2.24) is 5.32 Å². The molecule has 0 saturated carbocycles. The van der Waals surface area contributed by atoms with Gasteiger partial charge in [0.25, 0.3) is 11.8 Å². The molecule has 31 heavy (non-hydrogen) atoms. The number of benzene rings is 2. The van der Waals surface area contributed by atoms with Crippen molar-refractivity contribution < 1.29 is 27.5 Å². The minimum absolute atomic E-state index is 0.0858. The van der Waals surface area contributed by atoms with Gasteiger partial charge in [-0.25, -0.2) is 0 Å². The van der Waals surface area contributed by atoms with Crippen molar-refractivity contribution in [2.75, 3.05) is 43.6 Å². The summed E-state index contributed by atoms with van der Waals surface area (Å²) in [6, 6.07) is 9.00. The molecule has 2 aromatic rings. The Hall–Kier alpha value is -3.07. The highest BCUT2D eigenvalue weighted by atomic mass is 19.4. The van der Waals surface area contributed by atoms with Crippen LogP contribution >= 0.6 is 0 Å². The molecule has 0 aromatic heterocycles. The fraction of sp³-hybridized carbons (Fsp3) is 0.364. The van der Waals surface area contributed by atoms with Crippen LogP contribution in [0.3, 0.4) is 0 Å². The molecule has 0 spiro atoms. The van der Waals surface area contributed by atoms with Gasteiger partial charge in [0, 0.05) is 43.7 Å². The summed E-state index contributed by atoms with van der Waals surface area (Å²) in [5.74, 6) is -0.849. The second kappa shape index (κ2) is 9.82. The molecule has 0 radical (unpaired) electrons. The van der Waals surface area contributed by atoms with Crippen LogP contribution in [0.5, 0.6) is 0 Å². The van der Waals surface area contributed by atoms with Crippen LogP contribution in [0.1, 0.15) is 39.1 Å². The first kappa shape index (κ1) is 22.6. The lowest BCUT2D eigenvalue weighted by atomic mass is 10.1. The van der Waals surface area contributed by atoms with E-state index in [1.165, 1.54) is 0 Å². The highest BCUT2D eigenvalue weighted by Gasteiger charge is 2.30. The van der Waals surface area contributed by atoms with E-state index in [4.69, 9.17) is 4.74 Å². The normalized spacial score (nSPS) is 13.9. The van der Waals surface area contributed by atoms with Crippen molar-refractivity contribution in [1.29, 1.82) is 0 Å². The molecule has 0 unspecified atom stereocenters. The second-order valence-electron chi connectivity index (χ2n) is 7.20. The number of anilines is 2. The Labute approximate surface area is 178 Å². The van der Waals surface area contributed by atoms with Crippen LogP contribution in [0.15, 0.2) is 42.5 Å². The number of carbonyl (C=O) groups excluding carboxylic acids is 2. The number of nitrogens with zero attached hydrogens (tertiary/aromatic N) is 1. The van der Waals surface area contributed by atoms with E-state index in [1.54, 1.807) is 25.3 Å². The number of carbonyl (C=O) groups is 2. The third-order valence-electron chi connectivity index (χ3n) is 5.01. The van der Waals surface area contributed by atoms with E-state index in [-0.39, 0.29) is 11.5 Å². The zero-order chi connectivity index (χ0) is 22.4. The number of halogens is 3. The highest BCUT2D eigenvalue weighted by molar-refractivity contribution is 6.06. The van der Waals surface area contributed by atoms with Crippen LogP contribution in [0, 0.1) is 0 Å². The first-order chi connectivity index (χ1) is 14.8. The van der Waals surface area contributed by atoms with E-state index in [1.807, 2.05) is 0 Å². The topological polar surface area (TPSA) is 70.7 Å². The molecule has 3 rings (SSSR count). The van der Waals surface area contributed by atoms with E-state index in [0.717, 1.165) is 55.9 Å². The second-order valence-corrected chi connectivity index (χ2v) is 7.20. The maximum atomic E-state index is 12.7. The lowest BCUT2D eigenvalue weighted by Crippen LogP contribution is -2.30. The lowest BCUT2D eigenvalue weighted by Gasteiger charge is -2.22. The fourth-order valence-electron chi connectivity index (χ4n) is 3.41. The Balaban J connectivity index is 1.79. The molecule has 1 saturated heterocycles. The minimum Gasteiger partial charge on any atom is -0.383 e. The van der Waals surface area contributed by atoms with Crippen LogP contribution in [-0.4, -0.2) is 45.2 Å². The van der Waals surface area contributed by atoms with Crippen molar-refractivity contribution in [2.24, 2.45) is 0 Å². The molecule has 1 fully saturated rings. The molecule has 0 atom stereocenters. The van der Waals surface area contributed by atoms with Gasteiger partial charge in [0.15, 0.2) is 0 Å². The van der Waals surface area contributed by atoms with Crippen molar-refractivity contribution in [3.05, 3.63) is 59.2 Å². The zero-order valence-electron chi connectivity index (χ0n) is 17.1. The van der Waals surface area contributed by atoms with Gasteiger partial charge < -0.3 is 20.3 Å². The SMILES string of the molecule is COCCNC(=O)c1cc(NC(=O)c2ccc(C(F)(F)F)cc2)ccc1N1CCCC1. The molecular weight excluding hydrogens is 411 g/mol. The van der Waals surface area contributed by atoms with Crippen LogP contribution in [0.2, 0.25) is 0 Å². The van der Waals surface area contributed by atoms with Crippen molar-refractivity contribution in [3.8, 4) is 0 Å². The Morgan fingerprint density at radius 1 is 1.03 bits per heavy atom. The van der Waals surface area contributed by atoms with Crippen LogP contribution in [0.4, 0.5) is 24.5 Å².